The zero-order valence-corrected chi connectivity index (χ0v) is 7.06. The number of hydrogen-bond donors (Lipinski definition) is 0. The number of hydrogen-bond acceptors (Lipinski definition) is 1. The van der Waals surface area contributed by atoms with Gasteiger partial charge in [-0.2, -0.15) is 0 Å². The van der Waals surface area contributed by atoms with Gasteiger partial charge >= 0.3 is 18.9 Å². The molecule has 0 rings (SSSR count). The Morgan fingerprint density at radius 1 is 1.44 bits per heavy atom. The quantitative estimate of drug-likeness (QED) is 0.273. The van der Waals surface area contributed by atoms with Crippen molar-refractivity contribution in [3.8, 4) is 0 Å². The largest absolute Gasteiger partial charge is 1.00 e. The van der Waals surface area contributed by atoms with E-state index in [0.29, 0.717) is 0 Å². The van der Waals surface area contributed by atoms with E-state index < -0.39 is 0 Å². The van der Waals surface area contributed by atoms with Crippen LogP contribution in [0, 0.1) is 5.92 Å². The molecule has 0 atom stereocenters. The molecule has 0 aliphatic rings. The maximum atomic E-state index is 10.5. The molecule has 0 unspecified atom stereocenters. The van der Waals surface area contributed by atoms with Crippen molar-refractivity contribution < 1.29 is 24.0 Å². The van der Waals surface area contributed by atoms with E-state index in [2.05, 4.69) is 0 Å². The summed E-state index contributed by atoms with van der Waals surface area (Å²) in [7, 11) is 0. The zero-order chi connectivity index (χ0) is 5.86. The molecule has 0 saturated heterocycles. The van der Waals surface area contributed by atoms with Gasteiger partial charge < -0.3 is 5.11 Å². The van der Waals surface area contributed by atoms with Crippen molar-refractivity contribution in [1.82, 2.24) is 0 Å². The minimum atomic E-state index is 0. The number of rotatable bonds is 1. The molecule has 0 fully saturated rings. The van der Waals surface area contributed by atoms with Crippen LogP contribution in [0.25, 0.3) is 0 Å². The molecule has 1 nitrogen and oxygen atoms in total. The maximum absolute atomic E-state index is 10.5. The predicted octanol–water partition coefficient (Wildman–Crippen LogP) is -2.47. The van der Waals surface area contributed by atoms with E-state index in [1.165, 1.54) is 0 Å². The van der Waals surface area contributed by atoms with E-state index in [-0.39, 0.29) is 49.4 Å². The van der Waals surface area contributed by atoms with E-state index >= 15 is 0 Å². The van der Waals surface area contributed by atoms with Crippen LogP contribution in [0.1, 0.15) is 20.8 Å². The summed E-state index contributed by atoms with van der Waals surface area (Å²) in [6.07, 6.45) is 1.60. The van der Waals surface area contributed by atoms with Gasteiger partial charge in [0.15, 0.2) is 0 Å². The SMILES string of the molecule is C/C=C(\[O-])C(C)C.[Li+].[Li]. The third-order valence-electron chi connectivity index (χ3n) is 0.854. The average molecular weight is 113 g/mol. The zero-order valence-electron chi connectivity index (χ0n) is 7.06. The molecule has 0 heterocycles. The minimum Gasteiger partial charge on any atom is -0.875 e. The van der Waals surface area contributed by atoms with Gasteiger partial charge in [0.25, 0.3) is 0 Å². The van der Waals surface area contributed by atoms with Crippen molar-refractivity contribution in [1.29, 1.82) is 0 Å². The van der Waals surface area contributed by atoms with Crippen LogP contribution in [0.3, 0.4) is 0 Å². The van der Waals surface area contributed by atoms with Crippen LogP contribution in [0.15, 0.2) is 11.8 Å². The first-order chi connectivity index (χ1) is 3.18. The summed E-state index contributed by atoms with van der Waals surface area (Å²) < 4.78 is 0. The molecule has 0 saturated carbocycles. The van der Waals surface area contributed by atoms with Crippen LogP contribution >= 0.6 is 0 Å². The Bertz CT molecular complexity index is 79.1. The van der Waals surface area contributed by atoms with Gasteiger partial charge in [-0.25, -0.2) is 0 Å². The van der Waals surface area contributed by atoms with Gasteiger partial charge in [-0.3, -0.25) is 0 Å². The van der Waals surface area contributed by atoms with Crippen molar-refractivity contribution in [3.63, 3.8) is 0 Å². The second-order valence-electron chi connectivity index (χ2n) is 1.85. The topological polar surface area (TPSA) is 23.1 Å². The first kappa shape index (κ1) is 16.4. The van der Waals surface area contributed by atoms with Gasteiger partial charge in [0, 0.05) is 18.9 Å². The van der Waals surface area contributed by atoms with E-state index in [0.717, 1.165) is 0 Å². The van der Waals surface area contributed by atoms with Crippen molar-refractivity contribution in [3.05, 3.63) is 11.8 Å². The van der Waals surface area contributed by atoms with Crippen LogP contribution in [0.4, 0.5) is 0 Å². The Morgan fingerprint density at radius 2 is 1.78 bits per heavy atom. The third kappa shape index (κ3) is 8.73. The monoisotopic (exact) mass is 113 g/mol. The minimum absolute atomic E-state index is 0. The van der Waals surface area contributed by atoms with E-state index in [1.807, 2.05) is 13.8 Å². The molecule has 0 amide bonds. The summed E-state index contributed by atoms with van der Waals surface area (Å²) in [6.45, 7) is 5.55. The molecule has 0 aliphatic heterocycles. The van der Waals surface area contributed by atoms with Crippen LogP contribution in [0.2, 0.25) is 0 Å². The smallest absolute Gasteiger partial charge is 0.875 e. The average Bonchev–Trinajstić information content (AvgIpc) is 1.65. The Kier molecular flexibility index (Phi) is 15.9. The van der Waals surface area contributed by atoms with Crippen molar-refractivity contribution in [2.75, 3.05) is 0 Å². The van der Waals surface area contributed by atoms with Gasteiger partial charge in [0.1, 0.15) is 0 Å². The van der Waals surface area contributed by atoms with E-state index in [4.69, 9.17) is 0 Å². The Balaban J connectivity index is -0.000000180. The summed E-state index contributed by atoms with van der Waals surface area (Å²) in [6, 6.07) is 0. The standard InChI is InChI=1S/C6H12O.2Li/c1-4-6(7)5(2)3;;/h4-5,7H,1-3H3;;/q;;+1/p-1/b6-4-;;. The summed E-state index contributed by atoms with van der Waals surface area (Å²) in [5, 5.41) is 10.5. The van der Waals surface area contributed by atoms with Gasteiger partial charge in [0.05, 0.1) is 0 Å². The molecule has 0 aromatic heterocycles. The van der Waals surface area contributed by atoms with E-state index in [9.17, 15) is 5.11 Å². The fraction of sp³-hybridized carbons (Fsp3) is 0.667. The van der Waals surface area contributed by atoms with Gasteiger partial charge in [-0.05, 0) is 12.8 Å². The van der Waals surface area contributed by atoms with Crippen molar-refractivity contribution >= 4 is 18.9 Å². The van der Waals surface area contributed by atoms with Crippen LogP contribution in [-0.2, 0) is 0 Å². The molecule has 0 aromatic carbocycles. The fourth-order valence-corrected chi connectivity index (χ4v) is 0.333. The molecule has 1 radical (unpaired) electrons. The molecular formula is C6H11Li2O. The van der Waals surface area contributed by atoms with Crippen molar-refractivity contribution in [2.45, 2.75) is 20.8 Å². The number of allylic oxidation sites excluding steroid dienone is 2. The molecule has 3 heteroatoms. The summed E-state index contributed by atoms with van der Waals surface area (Å²) in [4.78, 5) is 0. The molecule has 0 aromatic rings. The Hall–Kier alpha value is 0.735. The second kappa shape index (κ2) is 8.73. The molecule has 0 N–H and O–H groups in total. The van der Waals surface area contributed by atoms with Crippen LogP contribution < -0.4 is 24.0 Å². The normalized spacial score (nSPS) is 10.0. The predicted molar refractivity (Wildman–Crippen MR) is 34.3 cm³/mol. The second-order valence-corrected chi connectivity index (χ2v) is 1.85. The summed E-state index contributed by atoms with van der Waals surface area (Å²) in [5.41, 5.74) is 0. The summed E-state index contributed by atoms with van der Waals surface area (Å²) >= 11 is 0. The maximum Gasteiger partial charge on any atom is 1.00 e. The first-order valence-corrected chi connectivity index (χ1v) is 2.51. The first-order valence-electron chi connectivity index (χ1n) is 2.51. The molecule has 0 aliphatic carbocycles. The summed E-state index contributed by atoms with van der Waals surface area (Å²) in [5.74, 6) is 0.394. The molecule has 43 valence electrons. The van der Waals surface area contributed by atoms with Crippen molar-refractivity contribution in [2.24, 2.45) is 5.92 Å². The van der Waals surface area contributed by atoms with Crippen LogP contribution in [-0.4, -0.2) is 18.9 Å². The Labute approximate surface area is 81.3 Å². The fourth-order valence-electron chi connectivity index (χ4n) is 0.333. The van der Waals surface area contributed by atoms with Gasteiger partial charge in [0.2, 0.25) is 0 Å². The van der Waals surface area contributed by atoms with Crippen LogP contribution in [0.5, 0.6) is 0 Å². The molecular weight excluding hydrogens is 102 g/mol. The van der Waals surface area contributed by atoms with Gasteiger partial charge in [-0.15, -0.1) is 5.76 Å². The van der Waals surface area contributed by atoms with Gasteiger partial charge in [-0.1, -0.05) is 19.9 Å². The molecule has 0 bridgehead atoms. The molecule has 9 heavy (non-hydrogen) atoms. The molecule has 0 spiro atoms. The third-order valence-corrected chi connectivity index (χ3v) is 0.854. The Morgan fingerprint density at radius 3 is 1.78 bits per heavy atom. The van der Waals surface area contributed by atoms with E-state index in [1.54, 1.807) is 13.0 Å².